The Balaban J connectivity index is 3.19. The summed E-state index contributed by atoms with van der Waals surface area (Å²) in [6, 6.07) is 3.09. The van der Waals surface area contributed by atoms with Crippen LogP contribution in [-0.2, 0) is 0 Å². The normalized spacial score (nSPS) is 13.1. The minimum atomic E-state index is -0.300. The number of hydrogen-bond donors (Lipinski definition) is 1. The maximum atomic E-state index is 9.31. The Morgan fingerprint density at radius 3 is 2.10 bits per heavy atom. The Hall–Kier alpha value is -0.810. The molecular weight excluding hydrogens is 321 g/mol. The third-order valence-electron chi connectivity index (χ3n) is 2.32. The summed E-state index contributed by atoms with van der Waals surface area (Å²) in [7, 11) is 1.49. The van der Waals surface area contributed by atoms with Gasteiger partial charge in [-0.1, -0.05) is 55.6 Å². The molecule has 1 rings (SSSR count). The van der Waals surface area contributed by atoms with E-state index >= 15 is 0 Å². The molecular formula is C13H16Cl3N3O. The molecule has 0 aliphatic carbocycles. The summed E-state index contributed by atoms with van der Waals surface area (Å²) in [6.45, 7) is 5.85. The number of halogens is 3. The number of azo groups is 1. The highest BCUT2D eigenvalue weighted by atomic mass is 35.5. The van der Waals surface area contributed by atoms with Gasteiger partial charge in [-0.3, -0.25) is 10.3 Å². The maximum Gasteiger partial charge on any atom is 0.123 e. The first-order chi connectivity index (χ1) is 9.11. The third-order valence-corrected chi connectivity index (χ3v) is 3.11. The van der Waals surface area contributed by atoms with Crippen LogP contribution in [0.4, 0.5) is 5.69 Å². The molecule has 110 valence electrons. The fourth-order valence-electron chi connectivity index (χ4n) is 1.28. The van der Waals surface area contributed by atoms with Gasteiger partial charge in [0, 0.05) is 17.5 Å². The molecule has 0 atom stereocenters. The van der Waals surface area contributed by atoms with E-state index in [4.69, 9.17) is 34.8 Å². The maximum absolute atomic E-state index is 9.31. The molecule has 20 heavy (non-hydrogen) atoms. The minimum absolute atomic E-state index is 0.300. The van der Waals surface area contributed by atoms with Crippen LogP contribution in [0.1, 0.15) is 20.8 Å². The topological polar surface area (TPSA) is 48.2 Å². The van der Waals surface area contributed by atoms with Crippen LogP contribution in [0.2, 0.25) is 15.1 Å². The molecule has 0 aliphatic rings. The molecule has 0 saturated carbocycles. The summed E-state index contributed by atoms with van der Waals surface area (Å²) in [4.78, 5) is 0. The molecule has 7 heteroatoms. The zero-order valence-corrected chi connectivity index (χ0v) is 13.9. The second kappa shape index (κ2) is 6.76. The van der Waals surface area contributed by atoms with Gasteiger partial charge in [-0.05, 0) is 12.1 Å². The van der Waals surface area contributed by atoms with Crippen molar-refractivity contribution in [2.24, 2.45) is 15.6 Å². The van der Waals surface area contributed by atoms with Gasteiger partial charge in [0.05, 0.1) is 21.9 Å². The van der Waals surface area contributed by atoms with Crippen molar-refractivity contribution < 1.29 is 5.21 Å². The molecule has 0 aromatic heterocycles. The molecule has 0 spiro atoms. The van der Waals surface area contributed by atoms with Crippen molar-refractivity contribution in [1.29, 1.82) is 0 Å². The van der Waals surface area contributed by atoms with Gasteiger partial charge < -0.3 is 0 Å². The van der Waals surface area contributed by atoms with Gasteiger partial charge in [0.1, 0.15) is 5.69 Å². The van der Waals surface area contributed by atoms with Gasteiger partial charge in [0.2, 0.25) is 0 Å². The Morgan fingerprint density at radius 1 is 1.20 bits per heavy atom. The summed E-state index contributed by atoms with van der Waals surface area (Å²) < 4.78 is 0. The van der Waals surface area contributed by atoms with Crippen LogP contribution in [0.25, 0.3) is 0 Å². The predicted molar refractivity (Wildman–Crippen MR) is 83.1 cm³/mol. The van der Waals surface area contributed by atoms with Gasteiger partial charge >= 0.3 is 0 Å². The van der Waals surface area contributed by atoms with E-state index in [1.807, 2.05) is 20.8 Å². The molecule has 0 fully saturated rings. The van der Waals surface area contributed by atoms with Gasteiger partial charge in [0.25, 0.3) is 0 Å². The molecule has 1 aromatic rings. The van der Waals surface area contributed by atoms with E-state index < -0.39 is 0 Å². The summed E-state index contributed by atoms with van der Waals surface area (Å²) in [5, 5.41) is 19.5. The number of rotatable bonds is 3. The summed E-state index contributed by atoms with van der Waals surface area (Å²) >= 11 is 17.9. The van der Waals surface area contributed by atoms with Crippen molar-refractivity contribution in [1.82, 2.24) is 5.06 Å². The Kier molecular flexibility index (Phi) is 5.83. The molecule has 0 heterocycles. The number of hydroxylamine groups is 2. The van der Waals surface area contributed by atoms with Crippen LogP contribution in [0, 0.1) is 5.41 Å². The van der Waals surface area contributed by atoms with Crippen molar-refractivity contribution in [2.75, 3.05) is 7.05 Å². The first-order valence-corrected chi connectivity index (χ1v) is 6.95. The molecule has 0 aliphatic heterocycles. The van der Waals surface area contributed by atoms with Gasteiger partial charge in [-0.2, -0.15) is 5.11 Å². The fourth-order valence-corrected chi connectivity index (χ4v) is 2.17. The lowest BCUT2D eigenvalue weighted by molar-refractivity contribution is -0.0150. The average Bonchev–Trinajstić information content (AvgIpc) is 2.23. The van der Waals surface area contributed by atoms with E-state index in [9.17, 15) is 5.21 Å². The van der Waals surface area contributed by atoms with E-state index in [0.29, 0.717) is 26.5 Å². The van der Waals surface area contributed by atoms with Crippen molar-refractivity contribution in [3.05, 3.63) is 39.1 Å². The van der Waals surface area contributed by atoms with E-state index in [2.05, 4.69) is 10.2 Å². The smallest absolute Gasteiger partial charge is 0.123 e. The molecule has 0 amide bonds. The minimum Gasteiger partial charge on any atom is -0.289 e. The van der Waals surface area contributed by atoms with Gasteiger partial charge in [0.15, 0.2) is 0 Å². The highest BCUT2D eigenvalue weighted by Gasteiger charge is 2.18. The van der Waals surface area contributed by atoms with Crippen LogP contribution in [-0.4, -0.2) is 17.3 Å². The predicted octanol–water partition coefficient (Wildman–Crippen LogP) is 5.94. The lowest BCUT2D eigenvalue weighted by Gasteiger charge is -2.19. The molecule has 1 N–H and O–H groups in total. The SMILES string of the molecule is CN(O)/C=C(\N=Nc1c(Cl)cc(Cl)cc1Cl)C(C)(C)C. The monoisotopic (exact) mass is 335 g/mol. The molecule has 0 radical (unpaired) electrons. The van der Waals surface area contributed by atoms with Crippen LogP contribution >= 0.6 is 34.8 Å². The standard InChI is InChI=1S/C13H16Cl3N3O/c1-13(2,3)11(7-19(4)20)17-18-12-9(15)5-8(14)6-10(12)16/h5-7,20H,1-4H3/b11-7-,18-17?. The molecule has 1 aromatic carbocycles. The largest absolute Gasteiger partial charge is 0.289 e. The van der Waals surface area contributed by atoms with Crippen LogP contribution in [0.5, 0.6) is 0 Å². The van der Waals surface area contributed by atoms with Crippen LogP contribution < -0.4 is 0 Å². The second-order valence-corrected chi connectivity index (χ2v) is 6.51. The summed E-state index contributed by atoms with van der Waals surface area (Å²) in [5.41, 5.74) is 0.615. The highest BCUT2D eigenvalue weighted by Crippen LogP contribution is 2.37. The molecule has 0 unspecified atom stereocenters. The lowest BCUT2D eigenvalue weighted by atomic mass is 9.93. The van der Waals surface area contributed by atoms with E-state index in [0.717, 1.165) is 5.06 Å². The van der Waals surface area contributed by atoms with Crippen molar-refractivity contribution in [3.63, 3.8) is 0 Å². The summed E-state index contributed by atoms with van der Waals surface area (Å²) in [5.74, 6) is 0. The van der Waals surface area contributed by atoms with E-state index in [1.165, 1.54) is 13.2 Å². The highest BCUT2D eigenvalue weighted by molar-refractivity contribution is 6.41. The first kappa shape index (κ1) is 17.2. The molecule has 0 saturated heterocycles. The van der Waals surface area contributed by atoms with Crippen molar-refractivity contribution >= 4 is 40.5 Å². The Morgan fingerprint density at radius 2 is 1.70 bits per heavy atom. The first-order valence-electron chi connectivity index (χ1n) is 5.81. The van der Waals surface area contributed by atoms with Crippen LogP contribution in [0.15, 0.2) is 34.3 Å². The van der Waals surface area contributed by atoms with Crippen molar-refractivity contribution in [2.45, 2.75) is 20.8 Å². The van der Waals surface area contributed by atoms with Crippen molar-refractivity contribution in [3.8, 4) is 0 Å². The third kappa shape index (κ3) is 4.94. The Labute approximate surface area is 133 Å². The number of allylic oxidation sites excluding steroid dienone is 1. The second-order valence-electron chi connectivity index (χ2n) is 5.26. The quantitative estimate of drug-likeness (QED) is 0.548. The average molecular weight is 337 g/mol. The van der Waals surface area contributed by atoms with Gasteiger partial charge in [-0.25, -0.2) is 0 Å². The molecule has 4 nitrogen and oxygen atoms in total. The number of nitrogens with zero attached hydrogens (tertiary/aromatic N) is 3. The zero-order chi connectivity index (χ0) is 15.5. The lowest BCUT2D eigenvalue weighted by Crippen LogP contribution is -2.12. The van der Waals surface area contributed by atoms with Crippen LogP contribution in [0.3, 0.4) is 0 Å². The Bertz CT molecular complexity index is 525. The van der Waals surface area contributed by atoms with E-state index in [-0.39, 0.29) is 5.41 Å². The summed E-state index contributed by atoms with van der Waals surface area (Å²) in [6.07, 6.45) is 1.47. The molecule has 0 bridgehead atoms. The fraction of sp³-hybridized carbons (Fsp3) is 0.385. The zero-order valence-electron chi connectivity index (χ0n) is 11.7. The van der Waals surface area contributed by atoms with E-state index in [1.54, 1.807) is 12.1 Å². The number of benzene rings is 1. The number of hydrogen-bond acceptors (Lipinski definition) is 4. The van der Waals surface area contributed by atoms with Gasteiger partial charge in [-0.15, -0.1) is 5.11 Å².